The molecule has 1 saturated carbocycles. The summed E-state index contributed by atoms with van der Waals surface area (Å²) in [6.07, 6.45) is 4.25. The van der Waals surface area contributed by atoms with Gasteiger partial charge in [-0.1, -0.05) is 50.8 Å². The molecule has 0 N–H and O–H groups in total. The predicted molar refractivity (Wildman–Crippen MR) is 92.2 cm³/mol. The molecular formula is C21H22O3. The van der Waals surface area contributed by atoms with E-state index in [1.807, 2.05) is 30.3 Å². The molecule has 0 aliphatic heterocycles. The molecule has 1 heterocycles. The van der Waals surface area contributed by atoms with E-state index in [4.69, 9.17) is 9.15 Å². The van der Waals surface area contributed by atoms with Crippen LogP contribution in [-0.4, -0.2) is 5.97 Å². The fraction of sp³-hybridized carbons (Fsp3) is 0.333. The van der Waals surface area contributed by atoms with Gasteiger partial charge in [0.2, 0.25) is 0 Å². The van der Waals surface area contributed by atoms with Gasteiger partial charge >= 0.3 is 5.97 Å². The van der Waals surface area contributed by atoms with Gasteiger partial charge in [0.25, 0.3) is 0 Å². The van der Waals surface area contributed by atoms with Gasteiger partial charge in [-0.3, -0.25) is 4.79 Å². The average Bonchev–Trinajstić information content (AvgIpc) is 2.90. The molecule has 0 amide bonds. The first kappa shape index (κ1) is 16.4. The summed E-state index contributed by atoms with van der Waals surface area (Å²) in [5, 5.41) is 0. The summed E-state index contributed by atoms with van der Waals surface area (Å²) in [6, 6.07) is 12.1. The van der Waals surface area contributed by atoms with Gasteiger partial charge in [0, 0.05) is 17.9 Å². The predicted octanol–water partition coefficient (Wildman–Crippen LogP) is 4.53. The van der Waals surface area contributed by atoms with Crippen LogP contribution in [0.15, 0.2) is 65.5 Å². The molecule has 1 fully saturated rings. The highest BCUT2D eigenvalue weighted by atomic mass is 16.5. The molecule has 1 aromatic carbocycles. The molecule has 0 bridgehead atoms. The number of furan rings is 1. The van der Waals surface area contributed by atoms with Crippen molar-refractivity contribution in [3.05, 3.63) is 77.9 Å². The molecule has 0 saturated heterocycles. The summed E-state index contributed by atoms with van der Waals surface area (Å²) < 4.78 is 11.0. The van der Waals surface area contributed by atoms with Crippen LogP contribution in [0.1, 0.15) is 30.7 Å². The average molecular weight is 322 g/mol. The highest BCUT2D eigenvalue weighted by molar-refractivity contribution is 5.78. The number of carbonyl (C=O) groups excluding carboxylic acids is 1. The van der Waals surface area contributed by atoms with Gasteiger partial charge in [-0.15, -0.1) is 5.73 Å². The second-order valence-corrected chi connectivity index (χ2v) is 6.89. The summed E-state index contributed by atoms with van der Waals surface area (Å²) in [5.41, 5.74) is 4.77. The highest BCUT2D eigenvalue weighted by Gasteiger charge is 2.61. The number of hydrogen-bond acceptors (Lipinski definition) is 3. The molecular weight excluding hydrogens is 300 g/mol. The molecule has 124 valence electrons. The Morgan fingerprint density at radius 3 is 2.79 bits per heavy atom. The lowest BCUT2D eigenvalue weighted by Crippen LogP contribution is -2.10. The van der Waals surface area contributed by atoms with Crippen LogP contribution in [0.5, 0.6) is 0 Å². The van der Waals surface area contributed by atoms with E-state index < -0.39 is 0 Å². The van der Waals surface area contributed by atoms with Crippen molar-refractivity contribution in [3.8, 4) is 0 Å². The Labute approximate surface area is 142 Å². The van der Waals surface area contributed by atoms with E-state index in [1.54, 1.807) is 6.26 Å². The molecule has 3 heteroatoms. The van der Waals surface area contributed by atoms with Crippen LogP contribution in [0.4, 0.5) is 0 Å². The van der Waals surface area contributed by atoms with Crippen LogP contribution in [0.3, 0.4) is 0 Å². The SMILES string of the molecule is C=C=C[C@@H]1[C@@H](C(=O)OCc2coc(Cc3ccccc3)c2)C1(C)C. The molecule has 2 atom stereocenters. The van der Waals surface area contributed by atoms with E-state index in [0.717, 1.165) is 17.7 Å². The van der Waals surface area contributed by atoms with Crippen molar-refractivity contribution < 1.29 is 13.9 Å². The topological polar surface area (TPSA) is 39.4 Å². The first-order chi connectivity index (χ1) is 11.5. The summed E-state index contributed by atoms with van der Waals surface area (Å²) in [7, 11) is 0. The molecule has 1 aliphatic carbocycles. The van der Waals surface area contributed by atoms with Crippen LogP contribution in [-0.2, 0) is 22.6 Å². The number of rotatable bonds is 6. The quantitative estimate of drug-likeness (QED) is 0.579. The molecule has 3 nitrogen and oxygen atoms in total. The maximum Gasteiger partial charge on any atom is 0.310 e. The fourth-order valence-electron chi connectivity index (χ4n) is 3.20. The van der Waals surface area contributed by atoms with Crippen LogP contribution in [0.25, 0.3) is 0 Å². The number of allylic oxidation sites excluding steroid dienone is 1. The minimum absolute atomic E-state index is 0.0728. The smallest absolute Gasteiger partial charge is 0.310 e. The van der Waals surface area contributed by atoms with Crippen LogP contribution < -0.4 is 0 Å². The maximum absolute atomic E-state index is 12.3. The van der Waals surface area contributed by atoms with E-state index in [-0.39, 0.29) is 29.8 Å². The van der Waals surface area contributed by atoms with Crippen molar-refractivity contribution >= 4 is 5.97 Å². The van der Waals surface area contributed by atoms with E-state index in [1.165, 1.54) is 5.56 Å². The van der Waals surface area contributed by atoms with Crippen LogP contribution in [0, 0.1) is 17.3 Å². The lowest BCUT2D eigenvalue weighted by atomic mass is 10.1. The third-order valence-electron chi connectivity index (χ3n) is 4.77. The first-order valence-electron chi connectivity index (χ1n) is 8.15. The van der Waals surface area contributed by atoms with Gasteiger partial charge in [-0.05, 0) is 23.1 Å². The fourth-order valence-corrected chi connectivity index (χ4v) is 3.20. The molecule has 0 radical (unpaired) electrons. The Morgan fingerprint density at radius 1 is 1.33 bits per heavy atom. The van der Waals surface area contributed by atoms with Crippen molar-refractivity contribution in [2.75, 3.05) is 0 Å². The molecule has 2 aromatic rings. The second kappa shape index (κ2) is 6.54. The van der Waals surface area contributed by atoms with E-state index in [9.17, 15) is 4.79 Å². The molecule has 3 rings (SSSR count). The highest BCUT2D eigenvalue weighted by Crippen LogP contribution is 2.59. The standard InChI is InChI=1S/C21H22O3/c1-4-8-18-19(21(18,2)3)20(22)24-14-16-12-17(23-13-16)11-15-9-6-5-7-10-15/h5-10,12-13,18-19H,1,11,14H2,2-3H3/t18-,19+/m1/s1. The summed E-state index contributed by atoms with van der Waals surface area (Å²) in [4.78, 5) is 12.3. The molecule has 0 unspecified atom stereocenters. The lowest BCUT2D eigenvalue weighted by molar-refractivity contribution is -0.147. The minimum atomic E-state index is -0.165. The van der Waals surface area contributed by atoms with E-state index >= 15 is 0 Å². The number of benzene rings is 1. The first-order valence-corrected chi connectivity index (χ1v) is 8.15. The van der Waals surface area contributed by atoms with Gasteiger partial charge in [0.1, 0.15) is 12.4 Å². The summed E-state index contributed by atoms with van der Waals surface area (Å²) >= 11 is 0. The van der Waals surface area contributed by atoms with Gasteiger partial charge < -0.3 is 9.15 Å². The van der Waals surface area contributed by atoms with Crippen molar-refractivity contribution in [3.63, 3.8) is 0 Å². The zero-order valence-electron chi connectivity index (χ0n) is 14.1. The Morgan fingerprint density at radius 2 is 2.08 bits per heavy atom. The van der Waals surface area contributed by atoms with E-state index in [2.05, 4.69) is 38.3 Å². The Bertz CT molecular complexity index is 763. The zero-order valence-corrected chi connectivity index (χ0v) is 14.1. The van der Waals surface area contributed by atoms with Gasteiger partial charge in [0.05, 0.1) is 12.2 Å². The molecule has 1 aliphatic rings. The lowest BCUT2D eigenvalue weighted by Gasteiger charge is -2.03. The van der Waals surface area contributed by atoms with Crippen molar-refractivity contribution in [2.24, 2.45) is 17.3 Å². The molecule has 0 spiro atoms. The monoisotopic (exact) mass is 322 g/mol. The third kappa shape index (κ3) is 3.37. The zero-order chi connectivity index (χ0) is 17.2. The third-order valence-corrected chi connectivity index (χ3v) is 4.77. The van der Waals surface area contributed by atoms with Crippen LogP contribution in [0.2, 0.25) is 0 Å². The van der Waals surface area contributed by atoms with Crippen molar-refractivity contribution in [2.45, 2.75) is 26.9 Å². The Balaban J connectivity index is 1.54. The Kier molecular flexibility index (Phi) is 4.46. The second-order valence-electron chi connectivity index (χ2n) is 6.89. The summed E-state index contributed by atoms with van der Waals surface area (Å²) in [5.74, 6) is 0.761. The van der Waals surface area contributed by atoms with Crippen molar-refractivity contribution in [1.82, 2.24) is 0 Å². The van der Waals surface area contributed by atoms with Crippen molar-refractivity contribution in [1.29, 1.82) is 0 Å². The van der Waals surface area contributed by atoms with Gasteiger partial charge in [-0.25, -0.2) is 0 Å². The molecule has 1 aromatic heterocycles. The van der Waals surface area contributed by atoms with Gasteiger partial charge in [0.15, 0.2) is 0 Å². The largest absolute Gasteiger partial charge is 0.469 e. The number of ether oxygens (including phenoxy) is 1. The summed E-state index contributed by atoms with van der Waals surface area (Å²) in [6.45, 7) is 7.96. The molecule has 24 heavy (non-hydrogen) atoms. The minimum Gasteiger partial charge on any atom is -0.469 e. The Hall–Kier alpha value is -2.51. The number of hydrogen-bond donors (Lipinski definition) is 0. The maximum atomic E-state index is 12.3. The number of carbonyl (C=O) groups is 1. The van der Waals surface area contributed by atoms with E-state index in [0.29, 0.717) is 0 Å². The van der Waals surface area contributed by atoms with Gasteiger partial charge in [-0.2, -0.15) is 0 Å². The van der Waals surface area contributed by atoms with Crippen LogP contribution >= 0.6 is 0 Å². The number of esters is 1. The normalized spacial score (nSPS) is 20.9.